The number of carboxylic acids is 1. The number of phenols is 1. The van der Waals surface area contributed by atoms with Gasteiger partial charge < -0.3 is 20.8 Å². The molecule has 1 unspecified atom stereocenters. The topological polar surface area (TPSA) is 136 Å². The molecule has 1 aliphatic heterocycles. The Bertz CT molecular complexity index is 1110. The number of aromatic hydroxyl groups is 1. The zero-order chi connectivity index (χ0) is 22.1. The highest BCUT2D eigenvalue weighted by atomic mass is 79.9. The summed E-state index contributed by atoms with van der Waals surface area (Å²) in [6.07, 6.45) is 0.514. The van der Waals surface area contributed by atoms with Gasteiger partial charge in [0.15, 0.2) is 5.75 Å². The van der Waals surface area contributed by atoms with Gasteiger partial charge in [-0.2, -0.15) is 4.31 Å². The molecule has 0 spiro atoms. The highest BCUT2D eigenvalue weighted by molar-refractivity contribution is 9.10. The maximum Gasteiger partial charge on any atom is 0.323 e. The van der Waals surface area contributed by atoms with Gasteiger partial charge >= 0.3 is 12.0 Å². The highest BCUT2D eigenvalue weighted by Gasteiger charge is 2.42. The number of carboxylic acid groups (broad SMARTS) is 1. The summed E-state index contributed by atoms with van der Waals surface area (Å²) in [5.74, 6) is -2.06. The molecule has 30 heavy (non-hydrogen) atoms. The fourth-order valence-corrected chi connectivity index (χ4v) is 5.76. The molecule has 2 aromatic rings. The summed E-state index contributed by atoms with van der Waals surface area (Å²) in [7, 11) is -4.43. The van der Waals surface area contributed by atoms with Crippen LogP contribution in [0.4, 0.5) is 16.2 Å². The molecule has 1 fully saturated rings. The predicted octanol–water partition coefficient (Wildman–Crippen LogP) is 3.69. The maximum absolute atomic E-state index is 13.0. The fraction of sp³-hybridized carbons (Fsp3) is 0.222. The number of anilines is 2. The van der Waals surface area contributed by atoms with Crippen LogP contribution in [0.5, 0.6) is 5.75 Å². The number of phenolic OH excluding ortho intramolecular Hbond substituents is 1. The number of carbonyl (C=O) groups is 2. The third kappa shape index (κ3) is 4.38. The lowest BCUT2D eigenvalue weighted by molar-refractivity contribution is -0.140. The molecule has 12 heteroatoms. The van der Waals surface area contributed by atoms with Crippen molar-refractivity contribution < 1.29 is 28.2 Å². The van der Waals surface area contributed by atoms with Gasteiger partial charge in [-0.05, 0) is 53.0 Å². The molecule has 1 heterocycles. The maximum atomic E-state index is 13.0. The van der Waals surface area contributed by atoms with Gasteiger partial charge in [0.05, 0.1) is 16.4 Å². The number of amides is 2. The van der Waals surface area contributed by atoms with Crippen LogP contribution >= 0.6 is 27.5 Å². The van der Waals surface area contributed by atoms with Gasteiger partial charge in [-0.15, -0.1) is 0 Å². The van der Waals surface area contributed by atoms with Crippen LogP contribution in [0.3, 0.4) is 0 Å². The molecule has 160 valence electrons. The molecule has 1 saturated heterocycles. The summed E-state index contributed by atoms with van der Waals surface area (Å²) in [4.78, 5) is 23.1. The second-order valence-electron chi connectivity index (χ2n) is 6.44. The molecule has 2 aromatic carbocycles. The monoisotopic (exact) mass is 517 g/mol. The molecule has 0 aliphatic carbocycles. The molecule has 2 amide bonds. The largest absolute Gasteiger partial charge is 0.504 e. The molecule has 0 bridgehead atoms. The van der Waals surface area contributed by atoms with E-state index in [9.17, 15) is 28.2 Å². The summed E-state index contributed by atoms with van der Waals surface area (Å²) < 4.78 is 27.5. The third-order valence-corrected chi connectivity index (χ3v) is 7.61. The van der Waals surface area contributed by atoms with Crippen LogP contribution in [-0.2, 0) is 14.8 Å². The minimum absolute atomic E-state index is 0.0186. The Kier molecular flexibility index (Phi) is 6.56. The molecule has 3 rings (SSSR count). The SMILES string of the molecule is O=C(Nc1ccccc1Br)Nc1ccc(Cl)c(S(=O)(=O)N2CCCC2C(=O)O)c1O. The molecule has 4 N–H and O–H groups in total. The van der Waals surface area contributed by atoms with Gasteiger partial charge in [0, 0.05) is 11.0 Å². The van der Waals surface area contributed by atoms with E-state index in [0.29, 0.717) is 16.6 Å². The summed E-state index contributed by atoms with van der Waals surface area (Å²) >= 11 is 9.32. The number of benzene rings is 2. The van der Waals surface area contributed by atoms with Crippen molar-refractivity contribution in [2.75, 3.05) is 17.2 Å². The van der Waals surface area contributed by atoms with Crippen LogP contribution in [-0.4, -0.2) is 47.5 Å². The Hall–Kier alpha value is -2.34. The van der Waals surface area contributed by atoms with E-state index in [-0.39, 0.29) is 23.7 Å². The lowest BCUT2D eigenvalue weighted by atomic mass is 10.2. The van der Waals surface area contributed by atoms with Crippen LogP contribution in [0.15, 0.2) is 45.8 Å². The number of nitrogens with one attached hydrogen (secondary N) is 2. The van der Waals surface area contributed by atoms with E-state index in [1.807, 2.05) is 0 Å². The van der Waals surface area contributed by atoms with Crippen molar-refractivity contribution in [2.45, 2.75) is 23.8 Å². The number of nitrogens with zero attached hydrogens (tertiary/aromatic N) is 1. The van der Waals surface area contributed by atoms with Crippen molar-refractivity contribution in [3.05, 3.63) is 45.9 Å². The summed E-state index contributed by atoms with van der Waals surface area (Å²) in [6, 6.07) is 7.30. The van der Waals surface area contributed by atoms with E-state index in [0.717, 1.165) is 4.31 Å². The Morgan fingerprint density at radius 2 is 1.80 bits per heavy atom. The number of rotatable bonds is 5. The van der Waals surface area contributed by atoms with Crippen LogP contribution in [0, 0.1) is 0 Å². The zero-order valence-corrected chi connectivity index (χ0v) is 18.5. The molecular weight excluding hydrogens is 502 g/mol. The normalized spacial score (nSPS) is 16.9. The third-order valence-electron chi connectivity index (χ3n) is 4.51. The Morgan fingerprint density at radius 3 is 2.47 bits per heavy atom. The van der Waals surface area contributed by atoms with E-state index in [1.54, 1.807) is 24.3 Å². The molecule has 0 saturated carbocycles. The van der Waals surface area contributed by atoms with Crippen LogP contribution in [0.1, 0.15) is 12.8 Å². The van der Waals surface area contributed by atoms with Crippen molar-refractivity contribution in [2.24, 2.45) is 0 Å². The van der Waals surface area contributed by atoms with Gasteiger partial charge in [-0.3, -0.25) is 4.79 Å². The zero-order valence-electron chi connectivity index (χ0n) is 15.3. The van der Waals surface area contributed by atoms with Crippen molar-refractivity contribution >= 4 is 60.9 Å². The van der Waals surface area contributed by atoms with E-state index >= 15 is 0 Å². The number of halogens is 2. The second-order valence-corrected chi connectivity index (χ2v) is 9.53. The van der Waals surface area contributed by atoms with Gasteiger partial charge in [0.2, 0.25) is 10.0 Å². The minimum Gasteiger partial charge on any atom is -0.504 e. The number of urea groups is 1. The van der Waals surface area contributed by atoms with Crippen molar-refractivity contribution in [1.82, 2.24) is 4.31 Å². The highest BCUT2D eigenvalue weighted by Crippen LogP contribution is 2.40. The van der Waals surface area contributed by atoms with Crippen LogP contribution in [0.2, 0.25) is 5.02 Å². The first-order valence-electron chi connectivity index (χ1n) is 8.71. The van der Waals surface area contributed by atoms with E-state index < -0.39 is 38.7 Å². The lowest BCUT2D eigenvalue weighted by Gasteiger charge is -2.23. The summed E-state index contributed by atoms with van der Waals surface area (Å²) in [5.41, 5.74) is 0.256. The first-order chi connectivity index (χ1) is 14.1. The number of hydrogen-bond donors (Lipinski definition) is 4. The molecule has 9 nitrogen and oxygen atoms in total. The van der Waals surface area contributed by atoms with E-state index in [4.69, 9.17) is 11.6 Å². The van der Waals surface area contributed by atoms with E-state index in [2.05, 4.69) is 26.6 Å². The smallest absolute Gasteiger partial charge is 0.323 e. The summed E-state index contributed by atoms with van der Waals surface area (Å²) in [6.45, 7) is -0.0186. The first-order valence-corrected chi connectivity index (χ1v) is 11.3. The molecule has 1 aliphatic rings. The van der Waals surface area contributed by atoms with Crippen LogP contribution < -0.4 is 10.6 Å². The standard InChI is InChI=1S/C18H17BrClN3O6S/c19-10-4-1-2-5-12(10)21-18(27)22-13-8-7-11(20)16(15(13)24)30(28,29)23-9-3-6-14(23)17(25)26/h1-2,4-5,7-8,14,24H,3,6,9H2,(H,25,26)(H2,21,22,27). The average molecular weight is 519 g/mol. The summed E-state index contributed by atoms with van der Waals surface area (Å²) in [5, 5.41) is 24.5. The van der Waals surface area contributed by atoms with Gasteiger partial charge in [-0.25, -0.2) is 13.2 Å². The molecule has 0 aromatic heterocycles. The van der Waals surface area contributed by atoms with Crippen molar-refractivity contribution in [3.63, 3.8) is 0 Å². The number of carbonyl (C=O) groups excluding carboxylic acids is 1. The number of sulfonamides is 1. The fourth-order valence-electron chi connectivity index (χ4n) is 3.12. The van der Waals surface area contributed by atoms with Gasteiger partial charge in [-0.1, -0.05) is 23.7 Å². The molecule has 1 atom stereocenters. The molecular formula is C18H17BrClN3O6S. The number of hydrogen-bond acceptors (Lipinski definition) is 5. The predicted molar refractivity (Wildman–Crippen MR) is 114 cm³/mol. The van der Waals surface area contributed by atoms with Crippen molar-refractivity contribution in [1.29, 1.82) is 0 Å². The first kappa shape index (κ1) is 22.3. The second kappa shape index (κ2) is 8.80. The quantitative estimate of drug-likeness (QED) is 0.446. The van der Waals surface area contributed by atoms with Gasteiger partial charge in [0.1, 0.15) is 10.9 Å². The van der Waals surface area contributed by atoms with Gasteiger partial charge in [0.25, 0.3) is 0 Å². The van der Waals surface area contributed by atoms with E-state index in [1.165, 1.54) is 12.1 Å². The van der Waals surface area contributed by atoms with Crippen LogP contribution in [0.25, 0.3) is 0 Å². The average Bonchev–Trinajstić information content (AvgIpc) is 3.17. The Morgan fingerprint density at radius 1 is 1.13 bits per heavy atom. The Balaban J connectivity index is 1.91. The number of para-hydroxylation sites is 1. The Labute approximate surface area is 185 Å². The lowest BCUT2D eigenvalue weighted by Crippen LogP contribution is -2.40. The van der Waals surface area contributed by atoms with Crippen molar-refractivity contribution in [3.8, 4) is 5.75 Å². The minimum atomic E-state index is -4.43. The number of aliphatic carboxylic acids is 1. The molecule has 0 radical (unpaired) electrons.